The molecule has 1 heterocycles. The maximum atomic E-state index is 11.4. The fourth-order valence-electron chi connectivity index (χ4n) is 2.45. The Kier molecular flexibility index (Phi) is 4.33. The molecule has 1 aromatic rings. The van der Waals surface area contributed by atoms with Gasteiger partial charge in [-0.3, -0.25) is 9.69 Å². The zero-order valence-electron chi connectivity index (χ0n) is 10.7. The van der Waals surface area contributed by atoms with Crippen molar-refractivity contribution in [2.75, 3.05) is 26.2 Å². The van der Waals surface area contributed by atoms with Crippen LogP contribution >= 0.6 is 0 Å². The number of carboxylic acid groups (broad SMARTS) is 1. The molecule has 0 saturated carbocycles. The number of hydrogen-bond acceptors (Lipinski definition) is 3. The molecule has 2 rings (SSSR count). The van der Waals surface area contributed by atoms with Gasteiger partial charge in [-0.05, 0) is 12.5 Å². The van der Waals surface area contributed by atoms with E-state index in [2.05, 4.69) is 17.1 Å². The first-order valence-electron chi connectivity index (χ1n) is 6.40. The number of nitrogens with zero attached hydrogens (tertiary/aromatic N) is 1. The van der Waals surface area contributed by atoms with Crippen molar-refractivity contribution in [3.05, 3.63) is 35.9 Å². The van der Waals surface area contributed by atoms with Crippen LogP contribution in [0.2, 0.25) is 0 Å². The van der Waals surface area contributed by atoms with Crippen molar-refractivity contribution >= 4 is 5.97 Å². The Bertz CT molecular complexity index is 394. The summed E-state index contributed by atoms with van der Waals surface area (Å²) in [5.41, 5.74) is 0.885. The van der Waals surface area contributed by atoms with Gasteiger partial charge in [0.15, 0.2) is 0 Å². The molecule has 1 aliphatic rings. The summed E-state index contributed by atoms with van der Waals surface area (Å²) < 4.78 is 0. The van der Waals surface area contributed by atoms with Crippen LogP contribution in [0.5, 0.6) is 0 Å². The van der Waals surface area contributed by atoms with Crippen LogP contribution in [0, 0.1) is 0 Å². The van der Waals surface area contributed by atoms with Gasteiger partial charge in [-0.2, -0.15) is 0 Å². The molecule has 98 valence electrons. The van der Waals surface area contributed by atoms with Crippen LogP contribution in [-0.4, -0.2) is 48.2 Å². The third kappa shape index (κ3) is 3.31. The Hall–Kier alpha value is -1.39. The van der Waals surface area contributed by atoms with E-state index in [1.807, 2.05) is 30.3 Å². The van der Waals surface area contributed by atoms with Crippen molar-refractivity contribution in [1.29, 1.82) is 0 Å². The summed E-state index contributed by atoms with van der Waals surface area (Å²) in [5, 5.41) is 12.7. The first kappa shape index (κ1) is 13.1. The fraction of sp³-hybridized carbons (Fsp3) is 0.500. The maximum absolute atomic E-state index is 11.4. The molecule has 4 nitrogen and oxygen atoms in total. The van der Waals surface area contributed by atoms with E-state index in [4.69, 9.17) is 0 Å². The summed E-state index contributed by atoms with van der Waals surface area (Å²) in [7, 11) is 0. The number of carboxylic acids is 1. The monoisotopic (exact) mass is 248 g/mol. The van der Waals surface area contributed by atoms with Crippen LogP contribution < -0.4 is 5.32 Å². The van der Waals surface area contributed by atoms with E-state index in [1.54, 1.807) is 0 Å². The predicted octanol–water partition coefficient (Wildman–Crippen LogP) is 1.15. The first-order valence-corrected chi connectivity index (χ1v) is 6.40. The molecule has 0 aliphatic carbocycles. The molecule has 4 heteroatoms. The highest BCUT2D eigenvalue weighted by atomic mass is 16.4. The van der Waals surface area contributed by atoms with Crippen molar-refractivity contribution in [1.82, 2.24) is 10.2 Å². The van der Waals surface area contributed by atoms with Gasteiger partial charge in [0.1, 0.15) is 0 Å². The van der Waals surface area contributed by atoms with Crippen molar-refractivity contribution < 1.29 is 9.90 Å². The lowest BCUT2D eigenvalue weighted by Crippen LogP contribution is -2.50. The largest absolute Gasteiger partial charge is 0.481 e. The number of nitrogens with one attached hydrogen (secondary N) is 1. The van der Waals surface area contributed by atoms with Crippen molar-refractivity contribution in [3.63, 3.8) is 0 Å². The van der Waals surface area contributed by atoms with Gasteiger partial charge in [0.05, 0.1) is 5.92 Å². The molecule has 1 fully saturated rings. The van der Waals surface area contributed by atoms with Gasteiger partial charge in [0.2, 0.25) is 0 Å². The van der Waals surface area contributed by atoms with E-state index in [1.165, 1.54) is 0 Å². The topological polar surface area (TPSA) is 52.6 Å². The molecular formula is C14H20N2O2. The van der Waals surface area contributed by atoms with Crippen molar-refractivity contribution in [2.24, 2.45) is 0 Å². The van der Waals surface area contributed by atoms with Crippen molar-refractivity contribution in [2.45, 2.75) is 18.9 Å². The normalized spacial score (nSPS) is 22.6. The SMILES string of the molecule is CC1CN(CC(C(=O)O)c2ccccc2)CCN1. The van der Waals surface area contributed by atoms with E-state index in [9.17, 15) is 9.90 Å². The second-order valence-electron chi connectivity index (χ2n) is 4.92. The minimum absolute atomic E-state index is 0.434. The molecule has 1 aromatic carbocycles. The Balaban J connectivity index is 2.05. The smallest absolute Gasteiger partial charge is 0.312 e. The average Bonchev–Trinajstić information content (AvgIpc) is 2.37. The van der Waals surface area contributed by atoms with Crippen molar-refractivity contribution in [3.8, 4) is 0 Å². The first-order chi connectivity index (χ1) is 8.66. The quantitative estimate of drug-likeness (QED) is 0.839. The number of piperazine rings is 1. The molecule has 2 atom stereocenters. The van der Waals surface area contributed by atoms with Crippen LogP contribution in [0.25, 0.3) is 0 Å². The third-order valence-corrected chi connectivity index (χ3v) is 3.39. The highest BCUT2D eigenvalue weighted by Gasteiger charge is 2.25. The zero-order chi connectivity index (χ0) is 13.0. The number of benzene rings is 1. The Morgan fingerprint density at radius 1 is 1.50 bits per heavy atom. The minimum Gasteiger partial charge on any atom is -0.481 e. The second-order valence-corrected chi connectivity index (χ2v) is 4.92. The molecule has 0 aromatic heterocycles. The number of aliphatic carboxylic acids is 1. The molecule has 0 radical (unpaired) electrons. The fourth-order valence-corrected chi connectivity index (χ4v) is 2.45. The number of hydrogen-bond donors (Lipinski definition) is 2. The highest BCUT2D eigenvalue weighted by molar-refractivity contribution is 5.76. The summed E-state index contributed by atoms with van der Waals surface area (Å²) in [5.74, 6) is -1.18. The van der Waals surface area contributed by atoms with E-state index in [0.717, 1.165) is 25.2 Å². The number of carbonyl (C=O) groups is 1. The zero-order valence-corrected chi connectivity index (χ0v) is 10.7. The molecule has 2 unspecified atom stereocenters. The second kappa shape index (κ2) is 5.98. The lowest BCUT2D eigenvalue weighted by atomic mass is 9.98. The van der Waals surface area contributed by atoms with E-state index in [-0.39, 0.29) is 0 Å². The van der Waals surface area contributed by atoms with Gasteiger partial charge in [-0.1, -0.05) is 30.3 Å². The standard InChI is InChI=1S/C14H20N2O2/c1-11-9-16(8-7-15-11)10-13(14(17)18)12-5-3-2-4-6-12/h2-6,11,13,15H,7-10H2,1H3,(H,17,18). The minimum atomic E-state index is -0.743. The lowest BCUT2D eigenvalue weighted by molar-refractivity contribution is -0.139. The lowest BCUT2D eigenvalue weighted by Gasteiger charge is -2.33. The summed E-state index contributed by atoms with van der Waals surface area (Å²) >= 11 is 0. The molecule has 18 heavy (non-hydrogen) atoms. The van der Waals surface area contributed by atoms with Gasteiger partial charge < -0.3 is 10.4 Å². The van der Waals surface area contributed by atoms with E-state index >= 15 is 0 Å². The molecule has 0 spiro atoms. The molecule has 1 saturated heterocycles. The van der Waals surface area contributed by atoms with Gasteiger partial charge in [0, 0.05) is 32.2 Å². The predicted molar refractivity (Wildman–Crippen MR) is 70.7 cm³/mol. The summed E-state index contributed by atoms with van der Waals surface area (Å²) in [6.07, 6.45) is 0. The summed E-state index contributed by atoms with van der Waals surface area (Å²) in [4.78, 5) is 13.6. The average molecular weight is 248 g/mol. The van der Waals surface area contributed by atoms with Crippen LogP contribution in [0.1, 0.15) is 18.4 Å². The molecule has 1 aliphatic heterocycles. The Labute approximate surface area is 108 Å². The van der Waals surface area contributed by atoms with Gasteiger partial charge in [-0.25, -0.2) is 0 Å². The third-order valence-electron chi connectivity index (χ3n) is 3.39. The summed E-state index contributed by atoms with van der Waals surface area (Å²) in [6.45, 7) is 5.48. The van der Waals surface area contributed by atoms with Crippen LogP contribution in [0.3, 0.4) is 0 Å². The Morgan fingerprint density at radius 3 is 2.83 bits per heavy atom. The van der Waals surface area contributed by atoms with E-state index in [0.29, 0.717) is 12.6 Å². The van der Waals surface area contributed by atoms with Gasteiger partial charge in [0.25, 0.3) is 0 Å². The van der Waals surface area contributed by atoms with E-state index < -0.39 is 11.9 Å². The Morgan fingerprint density at radius 2 is 2.22 bits per heavy atom. The van der Waals surface area contributed by atoms with Gasteiger partial charge in [-0.15, -0.1) is 0 Å². The summed E-state index contributed by atoms with van der Waals surface area (Å²) in [6, 6.07) is 9.92. The molecule has 2 N–H and O–H groups in total. The highest BCUT2D eigenvalue weighted by Crippen LogP contribution is 2.18. The number of rotatable bonds is 4. The maximum Gasteiger partial charge on any atom is 0.312 e. The molecular weight excluding hydrogens is 228 g/mol. The van der Waals surface area contributed by atoms with Crippen LogP contribution in [0.4, 0.5) is 0 Å². The van der Waals surface area contributed by atoms with Crippen LogP contribution in [-0.2, 0) is 4.79 Å². The molecule has 0 bridgehead atoms. The molecule has 0 amide bonds. The van der Waals surface area contributed by atoms with Gasteiger partial charge >= 0.3 is 5.97 Å². The van der Waals surface area contributed by atoms with Crippen LogP contribution in [0.15, 0.2) is 30.3 Å².